The van der Waals surface area contributed by atoms with Crippen LogP contribution in [0.4, 0.5) is 5.69 Å². The van der Waals surface area contributed by atoms with E-state index in [0.29, 0.717) is 30.6 Å². The number of ketones is 1. The molecule has 1 amide bonds. The third kappa shape index (κ3) is 2.48. The molecule has 0 aromatic heterocycles. The van der Waals surface area contributed by atoms with Crippen LogP contribution in [0.2, 0.25) is 0 Å². The summed E-state index contributed by atoms with van der Waals surface area (Å²) in [6, 6.07) is 17.0. The summed E-state index contributed by atoms with van der Waals surface area (Å²) in [6.07, 6.45) is 2.72. The summed E-state index contributed by atoms with van der Waals surface area (Å²) in [5, 5.41) is 11.4. The molecule has 0 unspecified atom stereocenters. The SMILES string of the molecule is O=C1CCCC[C@@H]1[C@@]1(O)C(=O)N(Cc2ccccc2)c2ccccc21. The first-order chi connectivity index (χ1) is 12.1. The lowest BCUT2D eigenvalue weighted by Crippen LogP contribution is -2.49. The third-order valence-electron chi connectivity index (χ3n) is 5.42. The molecular formula is C21H21NO3. The van der Waals surface area contributed by atoms with Gasteiger partial charge in [-0.15, -0.1) is 0 Å². The average Bonchev–Trinajstić information content (AvgIpc) is 2.86. The number of nitrogens with zero attached hydrogens (tertiary/aromatic N) is 1. The Morgan fingerprint density at radius 3 is 2.48 bits per heavy atom. The number of aliphatic hydroxyl groups is 1. The Kier molecular flexibility index (Phi) is 3.92. The summed E-state index contributed by atoms with van der Waals surface area (Å²) in [5.41, 5.74) is 0.529. The smallest absolute Gasteiger partial charge is 0.264 e. The first-order valence-corrected chi connectivity index (χ1v) is 8.83. The minimum Gasteiger partial charge on any atom is -0.375 e. The molecule has 1 aliphatic carbocycles. The largest absolute Gasteiger partial charge is 0.375 e. The highest BCUT2D eigenvalue weighted by Crippen LogP contribution is 2.48. The van der Waals surface area contributed by atoms with E-state index in [1.54, 1.807) is 11.0 Å². The van der Waals surface area contributed by atoms with Gasteiger partial charge in [0, 0.05) is 12.0 Å². The minimum atomic E-state index is -1.73. The van der Waals surface area contributed by atoms with Gasteiger partial charge in [0.1, 0.15) is 5.78 Å². The number of hydrogen-bond donors (Lipinski definition) is 1. The molecule has 0 saturated heterocycles. The van der Waals surface area contributed by atoms with E-state index in [9.17, 15) is 14.7 Å². The molecule has 25 heavy (non-hydrogen) atoms. The molecule has 2 atom stereocenters. The van der Waals surface area contributed by atoms with Crippen molar-refractivity contribution in [2.24, 2.45) is 5.92 Å². The Bertz CT molecular complexity index is 817. The number of hydrogen-bond acceptors (Lipinski definition) is 3. The van der Waals surface area contributed by atoms with E-state index in [-0.39, 0.29) is 11.7 Å². The number of carbonyl (C=O) groups is 2. The maximum atomic E-state index is 13.3. The van der Waals surface area contributed by atoms with Crippen molar-refractivity contribution in [3.05, 3.63) is 65.7 Å². The van der Waals surface area contributed by atoms with Crippen molar-refractivity contribution in [2.75, 3.05) is 4.90 Å². The average molecular weight is 335 g/mol. The van der Waals surface area contributed by atoms with Crippen molar-refractivity contribution in [1.29, 1.82) is 0 Å². The minimum absolute atomic E-state index is 0.00142. The maximum absolute atomic E-state index is 13.3. The van der Waals surface area contributed by atoms with Crippen LogP contribution in [-0.2, 0) is 21.7 Å². The monoisotopic (exact) mass is 335 g/mol. The third-order valence-corrected chi connectivity index (χ3v) is 5.42. The normalized spacial score (nSPS) is 26.0. The molecule has 1 saturated carbocycles. The first-order valence-electron chi connectivity index (χ1n) is 8.83. The Morgan fingerprint density at radius 2 is 1.72 bits per heavy atom. The van der Waals surface area contributed by atoms with Gasteiger partial charge in [0.05, 0.1) is 18.2 Å². The lowest BCUT2D eigenvalue weighted by Gasteiger charge is -2.33. The molecule has 128 valence electrons. The molecular weight excluding hydrogens is 314 g/mol. The van der Waals surface area contributed by atoms with E-state index < -0.39 is 11.5 Å². The summed E-state index contributed by atoms with van der Waals surface area (Å²) in [4.78, 5) is 27.4. The van der Waals surface area contributed by atoms with Crippen molar-refractivity contribution in [1.82, 2.24) is 0 Å². The summed E-state index contributed by atoms with van der Waals surface area (Å²) >= 11 is 0. The van der Waals surface area contributed by atoms with Gasteiger partial charge in [-0.3, -0.25) is 9.59 Å². The number of fused-ring (bicyclic) bond motifs is 1. The standard InChI is InChI=1S/C21H21NO3/c23-19-13-7-5-11-17(19)21(25)16-10-4-6-12-18(16)22(20(21)24)14-15-8-2-1-3-9-15/h1-4,6,8-10,12,17,25H,5,7,11,13-14H2/t17-,21+/m0/s1. The molecule has 1 aliphatic heterocycles. The van der Waals surface area contributed by atoms with Gasteiger partial charge >= 0.3 is 0 Å². The van der Waals surface area contributed by atoms with Crippen LogP contribution in [0.25, 0.3) is 0 Å². The van der Waals surface area contributed by atoms with E-state index in [1.165, 1.54) is 0 Å². The first kappa shape index (κ1) is 16.0. The molecule has 0 bridgehead atoms. The zero-order chi connectivity index (χ0) is 17.4. The second-order valence-electron chi connectivity index (χ2n) is 6.93. The molecule has 0 radical (unpaired) electrons. The van der Waals surface area contributed by atoms with Crippen LogP contribution in [0, 0.1) is 5.92 Å². The van der Waals surface area contributed by atoms with Gasteiger partial charge in [0.15, 0.2) is 5.60 Å². The van der Waals surface area contributed by atoms with Gasteiger partial charge in [0.25, 0.3) is 5.91 Å². The quantitative estimate of drug-likeness (QED) is 0.937. The molecule has 1 fully saturated rings. The Balaban J connectivity index is 1.77. The van der Waals surface area contributed by atoms with Crippen molar-refractivity contribution < 1.29 is 14.7 Å². The molecule has 2 aromatic carbocycles. The van der Waals surface area contributed by atoms with Crippen LogP contribution in [0.15, 0.2) is 54.6 Å². The molecule has 2 aliphatic rings. The van der Waals surface area contributed by atoms with E-state index >= 15 is 0 Å². The highest BCUT2D eigenvalue weighted by Gasteiger charge is 2.56. The Morgan fingerprint density at radius 1 is 1.00 bits per heavy atom. The molecule has 0 spiro atoms. The second-order valence-corrected chi connectivity index (χ2v) is 6.93. The lowest BCUT2D eigenvalue weighted by atomic mass is 9.73. The van der Waals surface area contributed by atoms with Gasteiger partial charge in [-0.2, -0.15) is 0 Å². The fourth-order valence-electron chi connectivity index (χ4n) is 4.15. The summed E-state index contributed by atoms with van der Waals surface area (Å²) in [6.45, 7) is 0.389. The van der Waals surface area contributed by atoms with Crippen LogP contribution in [0.1, 0.15) is 36.8 Å². The molecule has 1 N–H and O–H groups in total. The highest BCUT2D eigenvalue weighted by atomic mass is 16.3. The zero-order valence-corrected chi connectivity index (χ0v) is 14.0. The van der Waals surface area contributed by atoms with E-state index in [4.69, 9.17) is 0 Å². The molecule has 4 rings (SSSR count). The van der Waals surface area contributed by atoms with Crippen molar-refractivity contribution >= 4 is 17.4 Å². The van der Waals surface area contributed by atoms with Crippen molar-refractivity contribution in [3.8, 4) is 0 Å². The molecule has 4 heteroatoms. The van der Waals surface area contributed by atoms with E-state index in [0.717, 1.165) is 18.4 Å². The predicted molar refractivity (Wildman–Crippen MR) is 94.9 cm³/mol. The van der Waals surface area contributed by atoms with Crippen LogP contribution in [0.3, 0.4) is 0 Å². The number of carbonyl (C=O) groups excluding carboxylic acids is 2. The fraction of sp³-hybridized carbons (Fsp3) is 0.333. The van der Waals surface area contributed by atoms with Crippen LogP contribution >= 0.6 is 0 Å². The number of benzene rings is 2. The maximum Gasteiger partial charge on any atom is 0.264 e. The topological polar surface area (TPSA) is 57.6 Å². The number of para-hydroxylation sites is 1. The number of rotatable bonds is 3. The summed E-state index contributed by atoms with van der Waals surface area (Å²) < 4.78 is 0. The van der Waals surface area contributed by atoms with Gasteiger partial charge in [0.2, 0.25) is 0 Å². The Hall–Kier alpha value is -2.46. The van der Waals surface area contributed by atoms with Gasteiger partial charge < -0.3 is 10.0 Å². The van der Waals surface area contributed by atoms with Gasteiger partial charge in [-0.25, -0.2) is 0 Å². The lowest BCUT2D eigenvalue weighted by molar-refractivity contribution is -0.152. The van der Waals surface area contributed by atoms with Crippen molar-refractivity contribution in [2.45, 2.75) is 37.8 Å². The number of amides is 1. The fourth-order valence-corrected chi connectivity index (χ4v) is 4.15. The van der Waals surface area contributed by atoms with E-state index in [2.05, 4.69) is 0 Å². The summed E-state index contributed by atoms with van der Waals surface area (Å²) in [5.74, 6) is -1.02. The predicted octanol–water partition coefficient (Wildman–Crippen LogP) is 3.18. The van der Waals surface area contributed by atoms with Gasteiger partial charge in [-0.05, 0) is 24.5 Å². The zero-order valence-electron chi connectivity index (χ0n) is 14.0. The van der Waals surface area contributed by atoms with Crippen LogP contribution in [0.5, 0.6) is 0 Å². The van der Waals surface area contributed by atoms with Crippen LogP contribution < -0.4 is 4.90 Å². The van der Waals surface area contributed by atoms with Crippen molar-refractivity contribution in [3.63, 3.8) is 0 Å². The Labute approximate surface area is 147 Å². The number of anilines is 1. The van der Waals surface area contributed by atoms with Crippen LogP contribution in [-0.4, -0.2) is 16.8 Å². The molecule has 1 heterocycles. The number of Topliss-reactive ketones (excluding diaryl/α,β-unsaturated/α-hetero) is 1. The van der Waals surface area contributed by atoms with E-state index in [1.807, 2.05) is 48.5 Å². The molecule has 4 nitrogen and oxygen atoms in total. The van der Waals surface area contributed by atoms with Gasteiger partial charge in [-0.1, -0.05) is 55.0 Å². The molecule has 2 aromatic rings. The second kappa shape index (κ2) is 6.12. The summed E-state index contributed by atoms with van der Waals surface area (Å²) in [7, 11) is 0. The highest BCUT2D eigenvalue weighted by molar-refractivity contribution is 6.09.